The number of ether oxygens (including phenoxy) is 1. The van der Waals surface area contributed by atoms with Crippen LogP contribution in [0.5, 0.6) is 0 Å². The van der Waals surface area contributed by atoms with E-state index in [1.165, 1.54) is 0 Å². The van der Waals surface area contributed by atoms with E-state index < -0.39 is 5.60 Å². The molecule has 2 aliphatic heterocycles. The zero-order chi connectivity index (χ0) is 17.1. The Morgan fingerprint density at radius 3 is 2.61 bits per heavy atom. The summed E-state index contributed by atoms with van der Waals surface area (Å²) in [6.07, 6.45) is 8.65. The highest BCUT2D eigenvalue weighted by molar-refractivity contribution is 8.04. The maximum absolute atomic E-state index is 9.71. The monoisotopic (exact) mass is 339 g/mol. The summed E-state index contributed by atoms with van der Waals surface area (Å²) >= 11 is 1.72. The van der Waals surface area contributed by atoms with E-state index in [9.17, 15) is 5.11 Å². The molecule has 0 radical (unpaired) electrons. The minimum Gasteiger partial charge on any atom is -0.469 e. The van der Waals surface area contributed by atoms with Gasteiger partial charge in [0.05, 0.1) is 5.60 Å². The predicted molar refractivity (Wildman–Crippen MR) is 96.2 cm³/mol. The van der Waals surface area contributed by atoms with Crippen LogP contribution in [0.25, 0.3) is 0 Å². The number of rotatable bonds is 6. The van der Waals surface area contributed by atoms with Crippen molar-refractivity contribution < 1.29 is 9.84 Å². The van der Waals surface area contributed by atoms with Gasteiger partial charge in [-0.15, -0.1) is 0 Å². The van der Waals surface area contributed by atoms with Crippen LogP contribution >= 0.6 is 11.8 Å². The molecule has 0 aliphatic carbocycles. The maximum Gasteiger partial charge on any atom is 0.189 e. The lowest BCUT2D eigenvalue weighted by Gasteiger charge is -2.20. The molecule has 2 atom stereocenters. The number of nitrogens with one attached hydrogen (secondary N) is 3. The second kappa shape index (κ2) is 7.20. The molecule has 0 saturated carbocycles. The first-order valence-corrected chi connectivity index (χ1v) is 8.92. The van der Waals surface area contributed by atoms with E-state index in [1.807, 2.05) is 32.3 Å². The second-order valence-corrected chi connectivity index (χ2v) is 8.73. The lowest BCUT2D eigenvalue weighted by Crippen LogP contribution is -2.37. The quantitative estimate of drug-likeness (QED) is 0.597. The summed E-state index contributed by atoms with van der Waals surface area (Å²) in [6, 6.07) is 0. The van der Waals surface area contributed by atoms with Crippen LogP contribution in [0.15, 0.2) is 35.2 Å². The Morgan fingerprint density at radius 1 is 1.26 bits per heavy atom. The lowest BCUT2D eigenvalue weighted by atomic mass is 9.95. The van der Waals surface area contributed by atoms with Gasteiger partial charge in [0, 0.05) is 29.3 Å². The predicted octanol–water partition coefficient (Wildman–Crippen LogP) is 2.59. The van der Waals surface area contributed by atoms with Gasteiger partial charge in [0.2, 0.25) is 0 Å². The molecule has 0 fully saturated rings. The van der Waals surface area contributed by atoms with Crippen LogP contribution in [-0.2, 0) is 4.74 Å². The Kier molecular flexibility index (Phi) is 5.70. The molecule has 0 aromatic heterocycles. The number of hydrogen-bond donors (Lipinski definition) is 4. The first kappa shape index (κ1) is 18.2. The van der Waals surface area contributed by atoms with Crippen molar-refractivity contribution in [2.75, 3.05) is 6.54 Å². The molecule has 0 amide bonds. The molecule has 2 heterocycles. The molecule has 23 heavy (non-hydrogen) atoms. The van der Waals surface area contributed by atoms with Gasteiger partial charge in [-0.2, -0.15) is 0 Å². The van der Waals surface area contributed by atoms with Crippen LogP contribution in [0.2, 0.25) is 0 Å². The lowest BCUT2D eigenvalue weighted by molar-refractivity contribution is 0.0709. The van der Waals surface area contributed by atoms with Gasteiger partial charge in [-0.05, 0) is 32.4 Å². The Hall–Kier alpha value is -1.11. The number of hydrogen-bond acceptors (Lipinski definition) is 6. The highest BCUT2D eigenvalue weighted by Crippen LogP contribution is 2.30. The fourth-order valence-corrected chi connectivity index (χ4v) is 2.99. The van der Waals surface area contributed by atoms with Crippen LogP contribution in [0.3, 0.4) is 0 Å². The SMILES string of the molecule is CC(C)(O)CCNC1NC=C(/C=C/C2NC=C(C(C)(C)C)O2)S1. The molecule has 6 heteroatoms. The number of thioether (sulfide) groups is 1. The maximum atomic E-state index is 9.71. The fourth-order valence-electron chi connectivity index (χ4n) is 2.09. The average molecular weight is 340 g/mol. The molecule has 0 spiro atoms. The van der Waals surface area contributed by atoms with Crippen molar-refractivity contribution >= 4 is 11.8 Å². The summed E-state index contributed by atoms with van der Waals surface area (Å²) in [6.45, 7) is 10.8. The van der Waals surface area contributed by atoms with Gasteiger partial charge < -0.3 is 20.5 Å². The number of aliphatic hydroxyl groups is 1. The van der Waals surface area contributed by atoms with E-state index in [2.05, 4.69) is 42.8 Å². The first-order valence-electron chi connectivity index (χ1n) is 8.04. The van der Waals surface area contributed by atoms with E-state index in [0.29, 0.717) is 0 Å². The fraction of sp³-hybridized carbons (Fsp3) is 0.647. The highest BCUT2D eigenvalue weighted by Gasteiger charge is 2.25. The van der Waals surface area contributed by atoms with Gasteiger partial charge in [0.1, 0.15) is 11.3 Å². The average Bonchev–Trinajstić information content (AvgIpc) is 3.02. The molecule has 130 valence electrons. The van der Waals surface area contributed by atoms with Crippen LogP contribution in [0.1, 0.15) is 41.0 Å². The highest BCUT2D eigenvalue weighted by atomic mass is 32.2. The van der Waals surface area contributed by atoms with Crippen molar-refractivity contribution in [1.82, 2.24) is 16.0 Å². The molecule has 0 saturated heterocycles. The van der Waals surface area contributed by atoms with E-state index in [4.69, 9.17) is 4.74 Å². The molecule has 2 rings (SSSR count). The molecule has 2 unspecified atom stereocenters. The van der Waals surface area contributed by atoms with Gasteiger partial charge in [-0.3, -0.25) is 5.32 Å². The van der Waals surface area contributed by atoms with Crippen molar-refractivity contribution in [3.63, 3.8) is 0 Å². The summed E-state index contributed by atoms with van der Waals surface area (Å²) in [5, 5.41) is 19.6. The normalized spacial score (nSPS) is 25.0. The standard InChI is InChI=1S/C17H29N3O2S/c1-16(2,3)13-11-19-14(22-13)7-6-12-10-20-15(23-12)18-9-8-17(4,5)21/h6-7,10-11,14-15,18-21H,8-9H2,1-5H3/b7-6+. The van der Waals surface area contributed by atoms with Crippen molar-refractivity contribution in [2.24, 2.45) is 5.41 Å². The molecule has 0 aromatic carbocycles. The van der Waals surface area contributed by atoms with Gasteiger partial charge in [-0.1, -0.05) is 32.5 Å². The minimum atomic E-state index is -0.629. The molecule has 0 bridgehead atoms. The van der Waals surface area contributed by atoms with E-state index >= 15 is 0 Å². The van der Waals surface area contributed by atoms with E-state index in [1.54, 1.807) is 11.8 Å². The minimum absolute atomic E-state index is 0.0218. The van der Waals surface area contributed by atoms with Crippen LogP contribution in [0, 0.1) is 5.41 Å². The molecule has 2 aliphatic rings. The van der Waals surface area contributed by atoms with Gasteiger partial charge in [0.15, 0.2) is 6.23 Å². The van der Waals surface area contributed by atoms with Crippen molar-refractivity contribution in [3.8, 4) is 0 Å². The third-order valence-electron chi connectivity index (χ3n) is 3.50. The molecular formula is C17H29N3O2S. The van der Waals surface area contributed by atoms with Crippen molar-refractivity contribution in [3.05, 3.63) is 35.2 Å². The zero-order valence-corrected chi connectivity index (χ0v) is 15.5. The zero-order valence-electron chi connectivity index (χ0n) is 14.6. The Morgan fingerprint density at radius 2 is 2.00 bits per heavy atom. The third-order valence-corrected chi connectivity index (χ3v) is 4.57. The largest absolute Gasteiger partial charge is 0.469 e. The first-order chi connectivity index (χ1) is 10.6. The van der Waals surface area contributed by atoms with Crippen molar-refractivity contribution in [1.29, 1.82) is 0 Å². The Balaban J connectivity index is 1.70. The van der Waals surface area contributed by atoms with Crippen LogP contribution in [0.4, 0.5) is 0 Å². The summed E-state index contributed by atoms with van der Waals surface area (Å²) in [5.41, 5.74) is -0.457. The molecule has 4 N–H and O–H groups in total. The smallest absolute Gasteiger partial charge is 0.189 e. The second-order valence-electron chi connectivity index (χ2n) is 7.55. The van der Waals surface area contributed by atoms with Gasteiger partial charge in [0.25, 0.3) is 0 Å². The summed E-state index contributed by atoms with van der Waals surface area (Å²) in [4.78, 5) is 1.15. The van der Waals surface area contributed by atoms with Crippen LogP contribution in [-0.4, -0.2) is 29.0 Å². The van der Waals surface area contributed by atoms with Gasteiger partial charge in [-0.25, -0.2) is 0 Å². The van der Waals surface area contributed by atoms with Crippen molar-refractivity contribution in [2.45, 2.75) is 58.4 Å². The third kappa shape index (κ3) is 6.12. The summed E-state index contributed by atoms with van der Waals surface area (Å²) in [7, 11) is 0. The van der Waals surface area contributed by atoms with Gasteiger partial charge >= 0.3 is 0 Å². The summed E-state index contributed by atoms with van der Waals surface area (Å²) < 4.78 is 5.88. The van der Waals surface area contributed by atoms with E-state index in [-0.39, 0.29) is 17.1 Å². The topological polar surface area (TPSA) is 65.5 Å². The Labute approximate surface area is 143 Å². The van der Waals surface area contributed by atoms with E-state index in [0.717, 1.165) is 23.6 Å². The van der Waals surface area contributed by atoms with Crippen LogP contribution < -0.4 is 16.0 Å². The molecular weight excluding hydrogens is 310 g/mol. The Bertz CT molecular complexity index is 501. The molecule has 5 nitrogen and oxygen atoms in total. The molecule has 0 aromatic rings. The summed E-state index contributed by atoms with van der Waals surface area (Å²) in [5.74, 6) is 0.976. The number of allylic oxidation sites excluding steroid dienone is 2.